The molecule has 102 valence electrons. The van der Waals surface area contributed by atoms with Crippen LogP contribution in [-0.2, 0) is 4.79 Å². The smallest absolute Gasteiger partial charge is 0.250 e. The topological polar surface area (TPSA) is 84.2 Å². The van der Waals surface area contributed by atoms with Crippen molar-refractivity contribution in [3.8, 4) is 0 Å². The van der Waals surface area contributed by atoms with Gasteiger partial charge in [-0.15, -0.1) is 0 Å². The molecule has 0 spiro atoms. The van der Waals surface area contributed by atoms with E-state index in [0.717, 1.165) is 19.4 Å². The Morgan fingerprint density at radius 1 is 1.42 bits per heavy atom. The van der Waals surface area contributed by atoms with E-state index >= 15 is 0 Å². The molecule has 0 unspecified atom stereocenters. The maximum absolute atomic E-state index is 12.0. The maximum atomic E-state index is 12.0. The predicted octanol–water partition coefficient (Wildman–Crippen LogP) is 1.38. The molecule has 1 fully saturated rings. The van der Waals surface area contributed by atoms with Gasteiger partial charge in [-0.2, -0.15) is 0 Å². The monoisotopic (exact) mass is 281 g/mol. The number of hydrogen-bond acceptors (Lipinski definition) is 3. The first kappa shape index (κ1) is 13.8. The van der Waals surface area contributed by atoms with E-state index in [0.29, 0.717) is 12.2 Å². The Labute approximate surface area is 116 Å². The van der Waals surface area contributed by atoms with Gasteiger partial charge in [0, 0.05) is 12.2 Å². The number of amides is 2. The van der Waals surface area contributed by atoms with Crippen LogP contribution in [0, 0.1) is 5.92 Å². The molecule has 1 saturated heterocycles. The Kier molecular flexibility index (Phi) is 4.39. The molecule has 1 aliphatic rings. The summed E-state index contributed by atoms with van der Waals surface area (Å²) >= 11 is 5.85. The summed E-state index contributed by atoms with van der Waals surface area (Å²) in [7, 11) is 0. The van der Waals surface area contributed by atoms with Crippen molar-refractivity contribution < 1.29 is 9.59 Å². The number of hydrogen-bond donors (Lipinski definition) is 3. The molecule has 0 aliphatic carbocycles. The Hall–Kier alpha value is -1.59. The standard InChI is InChI=1S/C13H16ClN3O2/c14-11-4-3-9(6-10(11)12(15)18)17-13(19)8-2-1-5-16-7-8/h3-4,6,8,16H,1-2,5,7H2,(H2,15,18)(H,17,19)/t8-/m1/s1. The van der Waals surface area contributed by atoms with Crippen LogP contribution in [0.4, 0.5) is 5.69 Å². The third-order valence-corrected chi connectivity index (χ3v) is 3.50. The van der Waals surface area contributed by atoms with Crippen LogP contribution in [0.1, 0.15) is 23.2 Å². The van der Waals surface area contributed by atoms with Crippen LogP contribution in [0.5, 0.6) is 0 Å². The summed E-state index contributed by atoms with van der Waals surface area (Å²) in [4.78, 5) is 23.2. The first-order valence-corrected chi connectivity index (χ1v) is 6.56. The molecule has 1 aromatic carbocycles. The number of piperidine rings is 1. The molecule has 1 heterocycles. The van der Waals surface area contributed by atoms with E-state index in [4.69, 9.17) is 17.3 Å². The van der Waals surface area contributed by atoms with Crippen LogP contribution >= 0.6 is 11.6 Å². The van der Waals surface area contributed by atoms with Gasteiger partial charge in [0.05, 0.1) is 16.5 Å². The molecular weight excluding hydrogens is 266 g/mol. The Balaban J connectivity index is 2.08. The number of halogens is 1. The van der Waals surface area contributed by atoms with Crippen LogP contribution in [0.2, 0.25) is 5.02 Å². The number of anilines is 1. The van der Waals surface area contributed by atoms with Crippen LogP contribution in [0.25, 0.3) is 0 Å². The van der Waals surface area contributed by atoms with Crippen LogP contribution in [0.3, 0.4) is 0 Å². The minimum Gasteiger partial charge on any atom is -0.366 e. The number of nitrogens with one attached hydrogen (secondary N) is 2. The summed E-state index contributed by atoms with van der Waals surface area (Å²) in [5.41, 5.74) is 5.96. The van der Waals surface area contributed by atoms with E-state index in [1.165, 1.54) is 6.07 Å². The van der Waals surface area contributed by atoms with Gasteiger partial charge in [0.1, 0.15) is 0 Å². The second kappa shape index (κ2) is 6.04. The molecule has 5 nitrogen and oxygen atoms in total. The summed E-state index contributed by atoms with van der Waals surface area (Å²) in [6.07, 6.45) is 1.86. The lowest BCUT2D eigenvalue weighted by Crippen LogP contribution is -2.37. The fourth-order valence-electron chi connectivity index (χ4n) is 2.11. The molecular formula is C13H16ClN3O2. The number of rotatable bonds is 3. The quantitative estimate of drug-likeness (QED) is 0.782. The average Bonchev–Trinajstić information content (AvgIpc) is 2.41. The highest BCUT2D eigenvalue weighted by Crippen LogP contribution is 2.21. The predicted molar refractivity (Wildman–Crippen MR) is 74.2 cm³/mol. The van der Waals surface area contributed by atoms with Gasteiger partial charge in [0.2, 0.25) is 11.8 Å². The number of nitrogens with two attached hydrogens (primary N) is 1. The zero-order chi connectivity index (χ0) is 13.8. The summed E-state index contributed by atoms with van der Waals surface area (Å²) in [5, 5.41) is 6.26. The van der Waals surface area contributed by atoms with Gasteiger partial charge in [-0.25, -0.2) is 0 Å². The largest absolute Gasteiger partial charge is 0.366 e. The molecule has 2 rings (SSSR count). The van der Waals surface area contributed by atoms with Gasteiger partial charge >= 0.3 is 0 Å². The zero-order valence-electron chi connectivity index (χ0n) is 10.4. The number of benzene rings is 1. The van der Waals surface area contributed by atoms with Crippen molar-refractivity contribution in [2.24, 2.45) is 11.7 Å². The molecule has 0 radical (unpaired) electrons. The normalized spacial score (nSPS) is 18.9. The molecule has 0 aromatic heterocycles. The molecule has 1 atom stereocenters. The van der Waals surface area contributed by atoms with Gasteiger partial charge in [-0.1, -0.05) is 11.6 Å². The van der Waals surface area contributed by atoms with Crippen molar-refractivity contribution in [3.63, 3.8) is 0 Å². The van der Waals surface area contributed by atoms with E-state index in [1.54, 1.807) is 12.1 Å². The lowest BCUT2D eigenvalue weighted by atomic mass is 9.99. The maximum Gasteiger partial charge on any atom is 0.250 e. The van der Waals surface area contributed by atoms with Crippen LogP contribution in [-0.4, -0.2) is 24.9 Å². The molecule has 6 heteroatoms. The van der Waals surface area contributed by atoms with E-state index in [9.17, 15) is 9.59 Å². The molecule has 4 N–H and O–H groups in total. The van der Waals surface area contributed by atoms with Crippen LogP contribution in [0.15, 0.2) is 18.2 Å². The fourth-order valence-corrected chi connectivity index (χ4v) is 2.32. The zero-order valence-corrected chi connectivity index (χ0v) is 11.2. The first-order chi connectivity index (χ1) is 9.08. The number of carbonyl (C=O) groups excluding carboxylic acids is 2. The molecule has 2 amide bonds. The van der Waals surface area contributed by atoms with Crippen molar-refractivity contribution >= 4 is 29.1 Å². The highest BCUT2D eigenvalue weighted by molar-refractivity contribution is 6.34. The van der Waals surface area contributed by atoms with Crippen LogP contribution < -0.4 is 16.4 Å². The van der Waals surface area contributed by atoms with Gasteiger partial charge in [0.25, 0.3) is 0 Å². The Morgan fingerprint density at radius 2 is 2.21 bits per heavy atom. The fraction of sp³-hybridized carbons (Fsp3) is 0.385. The molecule has 19 heavy (non-hydrogen) atoms. The van der Waals surface area contributed by atoms with Crippen molar-refractivity contribution in [3.05, 3.63) is 28.8 Å². The van der Waals surface area contributed by atoms with E-state index in [2.05, 4.69) is 10.6 Å². The lowest BCUT2D eigenvalue weighted by Gasteiger charge is -2.22. The summed E-state index contributed by atoms with van der Waals surface area (Å²) in [6, 6.07) is 4.71. The van der Waals surface area contributed by atoms with Crippen molar-refractivity contribution in [2.45, 2.75) is 12.8 Å². The van der Waals surface area contributed by atoms with Gasteiger partial charge < -0.3 is 16.4 Å². The molecule has 0 bridgehead atoms. The molecule has 0 saturated carbocycles. The number of primary amides is 1. The van der Waals surface area contributed by atoms with E-state index in [-0.39, 0.29) is 22.4 Å². The SMILES string of the molecule is NC(=O)c1cc(NC(=O)[C@@H]2CCCNC2)ccc1Cl. The third kappa shape index (κ3) is 3.45. The van der Waals surface area contributed by atoms with E-state index < -0.39 is 5.91 Å². The summed E-state index contributed by atoms with van der Waals surface area (Å²) in [5.74, 6) is -0.702. The molecule has 1 aliphatic heterocycles. The number of carbonyl (C=O) groups is 2. The van der Waals surface area contributed by atoms with Gasteiger partial charge in [0.15, 0.2) is 0 Å². The third-order valence-electron chi connectivity index (χ3n) is 3.17. The van der Waals surface area contributed by atoms with Crippen molar-refractivity contribution in [2.75, 3.05) is 18.4 Å². The minimum atomic E-state index is -0.611. The van der Waals surface area contributed by atoms with Crippen molar-refractivity contribution in [1.82, 2.24) is 5.32 Å². The van der Waals surface area contributed by atoms with Gasteiger partial charge in [-0.3, -0.25) is 9.59 Å². The second-order valence-corrected chi connectivity index (χ2v) is 5.00. The Morgan fingerprint density at radius 3 is 2.84 bits per heavy atom. The summed E-state index contributed by atoms with van der Waals surface area (Å²) in [6.45, 7) is 1.64. The highest BCUT2D eigenvalue weighted by Gasteiger charge is 2.21. The first-order valence-electron chi connectivity index (χ1n) is 6.19. The van der Waals surface area contributed by atoms with E-state index in [1.807, 2.05) is 0 Å². The lowest BCUT2D eigenvalue weighted by molar-refractivity contribution is -0.120. The second-order valence-electron chi connectivity index (χ2n) is 4.59. The average molecular weight is 282 g/mol. The molecule has 1 aromatic rings. The Bertz CT molecular complexity index is 499. The minimum absolute atomic E-state index is 0.0403. The highest BCUT2D eigenvalue weighted by atomic mass is 35.5. The van der Waals surface area contributed by atoms with Crippen molar-refractivity contribution in [1.29, 1.82) is 0 Å². The summed E-state index contributed by atoms with van der Waals surface area (Å²) < 4.78 is 0. The van der Waals surface area contributed by atoms with Gasteiger partial charge in [-0.05, 0) is 37.6 Å².